The maximum absolute atomic E-state index is 11.7. The predicted molar refractivity (Wildman–Crippen MR) is 118 cm³/mol. The van der Waals surface area contributed by atoms with Crippen LogP contribution in [0.2, 0.25) is 0 Å². The van der Waals surface area contributed by atoms with E-state index < -0.39 is 10.0 Å². The molecule has 158 valence electrons. The highest BCUT2D eigenvalue weighted by molar-refractivity contribution is 7.92. The molecule has 1 aliphatic carbocycles. The average Bonchev–Trinajstić information content (AvgIpc) is 2.64. The number of benzene rings is 1. The van der Waals surface area contributed by atoms with Gasteiger partial charge in [0.25, 0.3) is 0 Å². The third-order valence-electron chi connectivity index (χ3n) is 7.22. The first-order chi connectivity index (χ1) is 13.3. The molecule has 3 unspecified atom stereocenters. The molecule has 3 atom stereocenters. The van der Waals surface area contributed by atoms with Gasteiger partial charge >= 0.3 is 0 Å². The molecule has 3 rings (SSSR count). The van der Waals surface area contributed by atoms with Crippen molar-refractivity contribution >= 4 is 15.7 Å². The molecular formula is C23H38N2O2S. The van der Waals surface area contributed by atoms with Crippen LogP contribution in [0.15, 0.2) is 24.3 Å². The zero-order valence-electron chi connectivity index (χ0n) is 17.9. The maximum Gasteiger partial charge on any atom is 0.229 e. The van der Waals surface area contributed by atoms with E-state index in [1.807, 2.05) is 12.1 Å². The molecule has 1 aromatic carbocycles. The second kappa shape index (κ2) is 8.74. The normalized spacial score (nSPS) is 28.7. The zero-order valence-corrected chi connectivity index (χ0v) is 18.7. The SMILES string of the molecule is CCCCCCC(C)C12CCCC(c3cccc(NS(C)(=O)=O)c3)(CCN1)C2. The van der Waals surface area contributed by atoms with Crippen molar-refractivity contribution in [3.63, 3.8) is 0 Å². The van der Waals surface area contributed by atoms with Gasteiger partial charge in [0.15, 0.2) is 0 Å². The Morgan fingerprint density at radius 1 is 1.18 bits per heavy atom. The maximum atomic E-state index is 11.7. The third kappa shape index (κ3) is 4.91. The summed E-state index contributed by atoms with van der Waals surface area (Å²) in [6.45, 7) is 5.78. The van der Waals surface area contributed by atoms with Crippen LogP contribution in [-0.2, 0) is 15.4 Å². The Balaban J connectivity index is 1.79. The van der Waals surface area contributed by atoms with Crippen molar-refractivity contribution < 1.29 is 8.42 Å². The van der Waals surface area contributed by atoms with Crippen molar-refractivity contribution in [1.29, 1.82) is 0 Å². The largest absolute Gasteiger partial charge is 0.311 e. The standard InChI is InChI=1S/C23H38N2O2S/c1-4-5-6-7-10-19(2)23-14-9-13-22(18-23,15-16-24-23)20-11-8-12-21(17-20)25-28(3,26)27/h8,11-12,17,19,24-25H,4-7,9-10,13-16,18H2,1-3H3. The lowest BCUT2D eigenvalue weighted by Crippen LogP contribution is -2.61. The van der Waals surface area contributed by atoms with E-state index >= 15 is 0 Å². The molecule has 0 amide bonds. The number of piperidine rings is 1. The van der Waals surface area contributed by atoms with Gasteiger partial charge in [0.1, 0.15) is 0 Å². The van der Waals surface area contributed by atoms with E-state index in [2.05, 4.69) is 36.0 Å². The number of rotatable bonds is 9. The highest BCUT2D eigenvalue weighted by atomic mass is 32.2. The second-order valence-corrected chi connectivity index (χ2v) is 11.1. The molecular weight excluding hydrogens is 368 g/mol. The Morgan fingerprint density at radius 2 is 2.00 bits per heavy atom. The quantitative estimate of drug-likeness (QED) is 0.554. The van der Waals surface area contributed by atoms with Crippen molar-refractivity contribution in [3.8, 4) is 0 Å². The fraction of sp³-hybridized carbons (Fsp3) is 0.739. The van der Waals surface area contributed by atoms with E-state index in [1.54, 1.807) is 0 Å². The van der Waals surface area contributed by atoms with Gasteiger partial charge in [-0.2, -0.15) is 0 Å². The molecule has 1 heterocycles. The van der Waals surface area contributed by atoms with E-state index in [4.69, 9.17) is 0 Å². The molecule has 2 N–H and O–H groups in total. The first kappa shape index (κ1) is 21.6. The van der Waals surface area contributed by atoms with E-state index in [0.717, 1.165) is 13.0 Å². The average molecular weight is 407 g/mol. The molecule has 2 bridgehead atoms. The molecule has 0 radical (unpaired) electrons. The van der Waals surface area contributed by atoms with E-state index in [9.17, 15) is 8.42 Å². The van der Waals surface area contributed by atoms with Crippen molar-refractivity contribution in [2.24, 2.45) is 5.92 Å². The number of anilines is 1. The van der Waals surface area contributed by atoms with Crippen molar-refractivity contribution in [1.82, 2.24) is 5.32 Å². The number of hydrogen-bond donors (Lipinski definition) is 2. The van der Waals surface area contributed by atoms with E-state index in [1.165, 1.54) is 69.6 Å². The summed E-state index contributed by atoms with van der Waals surface area (Å²) >= 11 is 0. The Labute approximate surface area is 171 Å². The molecule has 0 aromatic heterocycles. The second-order valence-electron chi connectivity index (χ2n) is 9.35. The van der Waals surface area contributed by atoms with Gasteiger partial charge in [-0.15, -0.1) is 0 Å². The molecule has 2 fully saturated rings. The van der Waals surface area contributed by atoms with Crippen LogP contribution < -0.4 is 10.0 Å². The smallest absolute Gasteiger partial charge is 0.229 e. The topological polar surface area (TPSA) is 58.2 Å². The Hall–Kier alpha value is -1.07. The zero-order chi connectivity index (χ0) is 20.3. The molecule has 1 aliphatic heterocycles. The van der Waals surface area contributed by atoms with Crippen LogP contribution in [-0.4, -0.2) is 26.8 Å². The molecule has 4 nitrogen and oxygen atoms in total. The summed E-state index contributed by atoms with van der Waals surface area (Å²) in [7, 11) is -3.25. The molecule has 2 aliphatic rings. The predicted octanol–water partition coefficient (Wildman–Crippen LogP) is 5.21. The van der Waals surface area contributed by atoms with Crippen molar-refractivity contribution in [3.05, 3.63) is 29.8 Å². The van der Waals surface area contributed by atoms with Crippen molar-refractivity contribution in [2.45, 2.75) is 89.0 Å². The number of hydrogen-bond acceptors (Lipinski definition) is 3. The monoisotopic (exact) mass is 406 g/mol. The van der Waals surface area contributed by atoms with Crippen LogP contribution in [0.25, 0.3) is 0 Å². The number of fused-ring (bicyclic) bond motifs is 2. The summed E-state index contributed by atoms with van der Waals surface area (Å²) in [6.07, 6.45) is 13.9. The van der Waals surface area contributed by atoms with Gasteiger partial charge < -0.3 is 5.32 Å². The van der Waals surface area contributed by atoms with Crippen LogP contribution >= 0.6 is 0 Å². The summed E-state index contributed by atoms with van der Waals surface area (Å²) in [5.41, 5.74) is 2.42. The molecule has 1 saturated heterocycles. The summed E-state index contributed by atoms with van der Waals surface area (Å²) < 4.78 is 26.0. The summed E-state index contributed by atoms with van der Waals surface area (Å²) in [5.74, 6) is 0.682. The van der Waals surface area contributed by atoms with Gasteiger partial charge in [-0.25, -0.2) is 8.42 Å². The molecule has 5 heteroatoms. The highest BCUT2D eigenvalue weighted by Crippen LogP contribution is 2.52. The minimum Gasteiger partial charge on any atom is -0.311 e. The van der Waals surface area contributed by atoms with Gasteiger partial charge in [-0.05, 0) is 67.7 Å². The van der Waals surface area contributed by atoms with Gasteiger partial charge in [-0.3, -0.25) is 4.72 Å². The van der Waals surface area contributed by atoms with Crippen LogP contribution in [0, 0.1) is 5.92 Å². The fourth-order valence-electron chi connectivity index (χ4n) is 5.70. The highest BCUT2D eigenvalue weighted by Gasteiger charge is 2.50. The number of sulfonamides is 1. The first-order valence-electron chi connectivity index (χ1n) is 11.1. The lowest BCUT2D eigenvalue weighted by molar-refractivity contribution is 0.0521. The minimum absolute atomic E-state index is 0.177. The van der Waals surface area contributed by atoms with Gasteiger partial charge in [-0.1, -0.05) is 58.1 Å². The summed E-state index contributed by atoms with van der Waals surface area (Å²) in [5, 5.41) is 3.94. The fourth-order valence-corrected chi connectivity index (χ4v) is 6.26. The summed E-state index contributed by atoms with van der Waals surface area (Å²) in [6, 6.07) is 8.15. The molecule has 1 aromatic rings. The van der Waals surface area contributed by atoms with Crippen LogP contribution in [0.1, 0.15) is 83.6 Å². The molecule has 0 spiro atoms. The van der Waals surface area contributed by atoms with Crippen molar-refractivity contribution in [2.75, 3.05) is 17.5 Å². The first-order valence-corrected chi connectivity index (χ1v) is 13.0. The summed E-state index contributed by atoms with van der Waals surface area (Å²) in [4.78, 5) is 0. The van der Waals surface area contributed by atoms with Gasteiger partial charge in [0.05, 0.1) is 6.26 Å². The van der Waals surface area contributed by atoms with Crippen LogP contribution in [0.4, 0.5) is 5.69 Å². The third-order valence-corrected chi connectivity index (χ3v) is 7.83. The van der Waals surface area contributed by atoms with Gasteiger partial charge in [0.2, 0.25) is 10.0 Å². The van der Waals surface area contributed by atoms with E-state index in [-0.39, 0.29) is 11.0 Å². The Kier molecular flexibility index (Phi) is 6.76. The number of unbranched alkanes of at least 4 members (excludes halogenated alkanes) is 3. The lowest BCUT2D eigenvalue weighted by Gasteiger charge is -2.56. The Morgan fingerprint density at radius 3 is 2.75 bits per heavy atom. The van der Waals surface area contributed by atoms with E-state index in [0.29, 0.717) is 11.6 Å². The lowest BCUT2D eigenvalue weighted by atomic mass is 9.56. The Bertz CT molecular complexity index is 750. The van der Waals surface area contributed by atoms with Crippen LogP contribution in [0.5, 0.6) is 0 Å². The van der Waals surface area contributed by atoms with Gasteiger partial charge in [0, 0.05) is 11.2 Å². The van der Waals surface area contributed by atoms with Crippen LogP contribution in [0.3, 0.4) is 0 Å². The number of nitrogens with one attached hydrogen (secondary N) is 2. The minimum atomic E-state index is -3.25. The molecule has 28 heavy (non-hydrogen) atoms. The molecule has 1 saturated carbocycles.